The standard InChI is InChI=1S/C16H22N2O2/c1-12(13-7-5-4-6-8-13)11-18-10-9-14(19)17-16(2,3)15(18)20/h4-8,12H,9-11H2,1-3H3,(H,17,19). The SMILES string of the molecule is CC(CN1CCC(=O)NC(C)(C)C1=O)c1ccccc1. The quantitative estimate of drug-likeness (QED) is 0.915. The molecule has 0 spiro atoms. The first-order valence-corrected chi connectivity index (χ1v) is 7.05. The molecule has 2 amide bonds. The lowest BCUT2D eigenvalue weighted by Gasteiger charge is -2.30. The highest BCUT2D eigenvalue weighted by molar-refractivity contribution is 5.92. The van der Waals surface area contributed by atoms with Gasteiger partial charge in [0.2, 0.25) is 11.8 Å². The summed E-state index contributed by atoms with van der Waals surface area (Å²) in [5.41, 5.74) is 0.394. The molecule has 0 aromatic heterocycles. The van der Waals surface area contributed by atoms with Gasteiger partial charge in [0.1, 0.15) is 5.54 Å². The molecule has 4 heteroatoms. The first-order valence-electron chi connectivity index (χ1n) is 7.05. The summed E-state index contributed by atoms with van der Waals surface area (Å²) in [4.78, 5) is 25.9. The third-order valence-electron chi connectivity index (χ3n) is 3.75. The molecule has 108 valence electrons. The van der Waals surface area contributed by atoms with Crippen molar-refractivity contribution >= 4 is 11.8 Å². The van der Waals surface area contributed by atoms with Crippen molar-refractivity contribution in [3.05, 3.63) is 35.9 Å². The first kappa shape index (κ1) is 14.6. The minimum absolute atomic E-state index is 0.00821. The zero-order valence-corrected chi connectivity index (χ0v) is 12.3. The van der Waals surface area contributed by atoms with Crippen molar-refractivity contribution < 1.29 is 9.59 Å². The van der Waals surface area contributed by atoms with E-state index in [1.165, 1.54) is 5.56 Å². The monoisotopic (exact) mass is 274 g/mol. The zero-order valence-electron chi connectivity index (χ0n) is 12.3. The highest BCUT2D eigenvalue weighted by atomic mass is 16.2. The third kappa shape index (κ3) is 3.18. The zero-order chi connectivity index (χ0) is 14.8. The van der Waals surface area contributed by atoms with Crippen LogP contribution in [0.2, 0.25) is 0 Å². The molecular formula is C16H22N2O2. The topological polar surface area (TPSA) is 49.4 Å². The van der Waals surface area contributed by atoms with Gasteiger partial charge in [-0.05, 0) is 25.3 Å². The lowest BCUT2D eigenvalue weighted by molar-refractivity contribution is -0.137. The normalized spacial score (nSPS) is 20.2. The maximum atomic E-state index is 12.5. The van der Waals surface area contributed by atoms with Gasteiger partial charge >= 0.3 is 0 Å². The van der Waals surface area contributed by atoms with Gasteiger partial charge in [-0.1, -0.05) is 37.3 Å². The fraction of sp³-hybridized carbons (Fsp3) is 0.500. The molecule has 20 heavy (non-hydrogen) atoms. The van der Waals surface area contributed by atoms with Gasteiger partial charge in [0.05, 0.1) is 0 Å². The van der Waals surface area contributed by atoms with Crippen LogP contribution in [0.15, 0.2) is 30.3 Å². The van der Waals surface area contributed by atoms with Crippen LogP contribution in [0.4, 0.5) is 0 Å². The Morgan fingerprint density at radius 1 is 1.25 bits per heavy atom. The molecule has 0 radical (unpaired) electrons. The number of amides is 2. The van der Waals surface area contributed by atoms with Crippen LogP contribution in [0.3, 0.4) is 0 Å². The highest BCUT2D eigenvalue weighted by Gasteiger charge is 2.36. The van der Waals surface area contributed by atoms with E-state index in [9.17, 15) is 9.59 Å². The van der Waals surface area contributed by atoms with E-state index in [2.05, 4.69) is 24.4 Å². The van der Waals surface area contributed by atoms with Crippen molar-refractivity contribution in [1.82, 2.24) is 10.2 Å². The lowest BCUT2D eigenvalue weighted by Crippen LogP contribution is -2.53. The predicted octanol–water partition coefficient (Wildman–Crippen LogP) is 1.92. The van der Waals surface area contributed by atoms with Gasteiger partial charge in [0.25, 0.3) is 0 Å². The van der Waals surface area contributed by atoms with E-state index in [1.807, 2.05) is 18.2 Å². The summed E-state index contributed by atoms with van der Waals surface area (Å²) < 4.78 is 0. The Morgan fingerprint density at radius 3 is 2.55 bits per heavy atom. The molecular weight excluding hydrogens is 252 g/mol. The second-order valence-corrected chi connectivity index (χ2v) is 5.99. The number of hydrogen-bond donors (Lipinski definition) is 1. The molecule has 1 aliphatic heterocycles. The molecule has 1 aliphatic rings. The minimum atomic E-state index is -0.815. The van der Waals surface area contributed by atoms with Gasteiger partial charge in [-0.2, -0.15) is 0 Å². The summed E-state index contributed by atoms with van der Waals surface area (Å²) in [6.07, 6.45) is 0.372. The molecule has 1 heterocycles. The van der Waals surface area contributed by atoms with Crippen LogP contribution in [0.5, 0.6) is 0 Å². The predicted molar refractivity (Wildman–Crippen MR) is 78.3 cm³/mol. The Balaban J connectivity index is 2.11. The molecule has 0 saturated carbocycles. The van der Waals surface area contributed by atoms with Crippen LogP contribution in [0.25, 0.3) is 0 Å². The number of benzene rings is 1. The van der Waals surface area contributed by atoms with E-state index in [1.54, 1.807) is 18.7 Å². The number of hydrogen-bond acceptors (Lipinski definition) is 2. The molecule has 1 atom stereocenters. The highest BCUT2D eigenvalue weighted by Crippen LogP contribution is 2.20. The van der Waals surface area contributed by atoms with E-state index in [4.69, 9.17) is 0 Å². The molecule has 1 N–H and O–H groups in total. The van der Waals surface area contributed by atoms with Crippen molar-refractivity contribution in [2.45, 2.75) is 38.6 Å². The second-order valence-electron chi connectivity index (χ2n) is 5.99. The molecule has 0 aliphatic carbocycles. The van der Waals surface area contributed by atoms with E-state index in [-0.39, 0.29) is 17.7 Å². The summed E-state index contributed by atoms with van der Waals surface area (Å²) in [6, 6.07) is 10.1. The number of carbonyl (C=O) groups is 2. The molecule has 1 fully saturated rings. The third-order valence-corrected chi connectivity index (χ3v) is 3.75. The first-order chi connectivity index (χ1) is 9.40. The largest absolute Gasteiger partial charge is 0.342 e. The molecule has 2 rings (SSSR count). The van der Waals surface area contributed by atoms with E-state index in [0.29, 0.717) is 19.5 Å². The fourth-order valence-electron chi connectivity index (χ4n) is 2.59. The Hall–Kier alpha value is -1.84. The fourth-order valence-corrected chi connectivity index (χ4v) is 2.59. The van der Waals surface area contributed by atoms with Crippen LogP contribution in [0, 0.1) is 0 Å². The van der Waals surface area contributed by atoms with Gasteiger partial charge in [-0.3, -0.25) is 9.59 Å². The molecule has 0 bridgehead atoms. The van der Waals surface area contributed by atoms with Crippen LogP contribution < -0.4 is 5.32 Å². The second kappa shape index (κ2) is 5.65. The van der Waals surface area contributed by atoms with E-state index >= 15 is 0 Å². The van der Waals surface area contributed by atoms with Gasteiger partial charge in [0, 0.05) is 19.5 Å². The maximum absolute atomic E-state index is 12.5. The summed E-state index contributed by atoms with van der Waals surface area (Å²) >= 11 is 0. The number of nitrogens with one attached hydrogen (secondary N) is 1. The van der Waals surface area contributed by atoms with Crippen LogP contribution in [-0.4, -0.2) is 35.3 Å². The van der Waals surface area contributed by atoms with Crippen molar-refractivity contribution in [1.29, 1.82) is 0 Å². The summed E-state index contributed by atoms with van der Waals surface area (Å²) in [6.45, 7) is 6.76. The summed E-state index contributed by atoms with van der Waals surface area (Å²) in [5.74, 6) is 0.188. The maximum Gasteiger partial charge on any atom is 0.247 e. The molecule has 1 aromatic carbocycles. The minimum Gasteiger partial charge on any atom is -0.342 e. The Kier molecular flexibility index (Phi) is 4.12. The van der Waals surface area contributed by atoms with Gasteiger partial charge < -0.3 is 10.2 Å². The van der Waals surface area contributed by atoms with Crippen LogP contribution in [0.1, 0.15) is 38.7 Å². The van der Waals surface area contributed by atoms with E-state index in [0.717, 1.165) is 0 Å². The van der Waals surface area contributed by atoms with Crippen LogP contribution in [-0.2, 0) is 9.59 Å². The smallest absolute Gasteiger partial charge is 0.247 e. The average molecular weight is 274 g/mol. The van der Waals surface area contributed by atoms with E-state index < -0.39 is 5.54 Å². The summed E-state index contributed by atoms with van der Waals surface area (Å²) in [7, 11) is 0. The average Bonchev–Trinajstić information content (AvgIpc) is 2.51. The Bertz CT molecular complexity index is 496. The van der Waals surface area contributed by atoms with Crippen molar-refractivity contribution in [3.63, 3.8) is 0 Å². The van der Waals surface area contributed by atoms with Crippen molar-refractivity contribution in [3.8, 4) is 0 Å². The van der Waals surface area contributed by atoms with Gasteiger partial charge in [-0.15, -0.1) is 0 Å². The lowest BCUT2D eigenvalue weighted by atomic mass is 9.99. The van der Waals surface area contributed by atoms with Gasteiger partial charge in [0.15, 0.2) is 0 Å². The van der Waals surface area contributed by atoms with Crippen LogP contribution >= 0.6 is 0 Å². The number of carbonyl (C=O) groups excluding carboxylic acids is 2. The van der Waals surface area contributed by atoms with Crippen molar-refractivity contribution in [2.75, 3.05) is 13.1 Å². The summed E-state index contributed by atoms with van der Waals surface area (Å²) in [5, 5.41) is 2.78. The van der Waals surface area contributed by atoms with Crippen molar-refractivity contribution in [2.24, 2.45) is 0 Å². The number of rotatable bonds is 3. The molecule has 1 saturated heterocycles. The molecule has 1 aromatic rings. The van der Waals surface area contributed by atoms with Gasteiger partial charge in [-0.25, -0.2) is 0 Å². The Labute approximate surface area is 120 Å². The number of nitrogens with zero attached hydrogens (tertiary/aromatic N) is 1. The molecule has 4 nitrogen and oxygen atoms in total. The molecule has 1 unspecified atom stereocenters. The Morgan fingerprint density at radius 2 is 1.90 bits per heavy atom.